The number of anilines is 1. The zero-order valence-corrected chi connectivity index (χ0v) is 22.4. The number of aryl methyl sites for hydroxylation is 1. The molecule has 0 aliphatic carbocycles. The monoisotopic (exact) mass is 511 g/mol. The highest BCUT2D eigenvalue weighted by Crippen LogP contribution is 2.37. The highest BCUT2D eigenvalue weighted by molar-refractivity contribution is 7.99. The molecule has 3 aromatic rings. The second-order valence-corrected chi connectivity index (χ2v) is 12.0. The Labute approximate surface area is 213 Å². The van der Waals surface area contributed by atoms with Gasteiger partial charge >= 0.3 is 0 Å². The third kappa shape index (κ3) is 7.32. The van der Waals surface area contributed by atoms with Crippen molar-refractivity contribution in [2.45, 2.75) is 66.6 Å². The summed E-state index contributed by atoms with van der Waals surface area (Å²) in [5.41, 5.74) is 1.80. The van der Waals surface area contributed by atoms with Crippen LogP contribution in [-0.4, -0.2) is 25.5 Å². The fourth-order valence-corrected chi connectivity index (χ4v) is 5.57. The van der Waals surface area contributed by atoms with Crippen molar-refractivity contribution in [2.24, 2.45) is 0 Å². The average molecular weight is 512 g/mol. The normalized spacial score (nSPS) is 11.8. The molecule has 1 N–H and O–H groups in total. The van der Waals surface area contributed by atoms with E-state index in [2.05, 4.69) is 42.0 Å². The topological polar surface area (TPSA) is 81.2 Å². The van der Waals surface area contributed by atoms with Crippen molar-refractivity contribution in [1.29, 1.82) is 0 Å². The summed E-state index contributed by atoms with van der Waals surface area (Å²) >= 11 is 1.42. The van der Waals surface area contributed by atoms with Crippen LogP contribution in [0.25, 0.3) is 0 Å². The van der Waals surface area contributed by atoms with Crippen LogP contribution in [0, 0.1) is 0 Å². The van der Waals surface area contributed by atoms with E-state index in [0.717, 1.165) is 41.2 Å². The minimum Gasteiger partial charge on any atom is -0.497 e. The van der Waals surface area contributed by atoms with Crippen LogP contribution in [0.15, 0.2) is 82.2 Å². The van der Waals surface area contributed by atoms with Gasteiger partial charge in [0.2, 0.25) is 0 Å². The molecule has 1 heterocycles. The van der Waals surface area contributed by atoms with Crippen LogP contribution in [0.2, 0.25) is 0 Å². The van der Waals surface area contributed by atoms with Crippen molar-refractivity contribution in [3.63, 3.8) is 0 Å². The van der Waals surface area contributed by atoms with E-state index >= 15 is 0 Å². The molecule has 0 unspecified atom stereocenters. The van der Waals surface area contributed by atoms with Gasteiger partial charge in [-0.15, -0.1) is 6.58 Å². The summed E-state index contributed by atoms with van der Waals surface area (Å²) in [5.74, 6) is 0.992. The molecule has 0 amide bonds. The Balaban J connectivity index is 1.95. The summed E-state index contributed by atoms with van der Waals surface area (Å²) in [7, 11) is -2.22. The van der Waals surface area contributed by atoms with Crippen LogP contribution in [0.4, 0.5) is 5.82 Å². The molecule has 2 aromatic carbocycles. The summed E-state index contributed by atoms with van der Waals surface area (Å²) < 4.78 is 34.6. The van der Waals surface area contributed by atoms with E-state index < -0.39 is 10.0 Å². The largest absolute Gasteiger partial charge is 0.497 e. The van der Waals surface area contributed by atoms with Gasteiger partial charge in [-0.1, -0.05) is 56.8 Å². The van der Waals surface area contributed by atoms with Gasteiger partial charge in [-0.25, -0.2) is 18.4 Å². The number of sulfonamides is 1. The van der Waals surface area contributed by atoms with E-state index in [1.54, 1.807) is 19.2 Å². The van der Waals surface area contributed by atoms with Gasteiger partial charge in [0.25, 0.3) is 10.0 Å². The number of nitrogens with one attached hydrogen (secondary N) is 1. The van der Waals surface area contributed by atoms with Crippen LogP contribution in [0.5, 0.6) is 5.75 Å². The van der Waals surface area contributed by atoms with Crippen molar-refractivity contribution >= 4 is 27.6 Å². The average Bonchev–Trinajstić information content (AvgIpc) is 2.83. The fraction of sp³-hybridized carbons (Fsp3) is 0.333. The number of ether oxygens (including phenoxy) is 1. The first-order chi connectivity index (χ1) is 16.6. The summed E-state index contributed by atoms with van der Waals surface area (Å²) in [6.07, 6.45) is 6.84. The smallest absolute Gasteiger partial charge is 0.263 e. The van der Waals surface area contributed by atoms with Crippen LogP contribution in [0.3, 0.4) is 0 Å². The van der Waals surface area contributed by atoms with Gasteiger partial charge in [-0.3, -0.25) is 4.72 Å². The van der Waals surface area contributed by atoms with Crippen LogP contribution in [-0.2, 0) is 21.9 Å². The van der Waals surface area contributed by atoms with Gasteiger partial charge in [0.05, 0.1) is 22.6 Å². The Morgan fingerprint density at radius 2 is 1.83 bits per heavy atom. The zero-order chi connectivity index (χ0) is 25.5. The second kappa shape index (κ2) is 11.7. The number of unbranched alkanes of at least 4 members (excludes halogenated alkanes) is 2. The molecule has 8 heteroatoms. The molecule has 0 saturated heterocycles. The Morgan fingerprint density at radius 3 is 2.49 bits per heavy atom. The first-order valence-electron chi connectivity index (χ1n) is 11.5. The molecule has 35 heavy (non-hydrogen) atoms. The number of hydrogen-bond donors (Lipinski definition) is 1. The van der Waals surface area contributed by atoms with Crippen molar-refractivity contribution in [1.82, 2.24) is 9.97 Å². The van der Waals surface area contributed by atoms with E-state index in [4.69, 9.17) is 4.74 Å². The molecule has 0 bridgehead atoms. The van der Waals surface area contributed by atoms with E-state index in [0.29, 0.717) is 11.3 Å². The van der Waals surface area contributed by atoms with Gasteiger partial charge in [0.1, 0.15) is 12.1 Å². The summed E-state index contributed by atoms with van der Waals surface area (Å²) in [4.78, 5) is 10.6. The molecule has 0 aliphatic heterocycles. The molecule has 1 aromatic heterocycles. The highest BCUT2D eigenvalue weighted by Gasteiger charge is 2.22. The molecule has 0 fully saturated rings. The third-order valence-corrected chi connectivity index (χ3v) is 7.95. The minimum atomic E-state index is -3.84. The molecule has 0 spiro atoms. The van der Waals surface area contributed by atoms with Gasteiger partial charge in [0, 0.05) is 4.90 Å². The number of benzene rings is 2. The molecular weight excluding hydrogens is 478 g/mol. The maximum Gasteiger partial charge on any atom is 0.263 e. The van der Waals surface area contributed by atoms with Gasteiger partial charge in [0.15, 0.2) is 5.82 Å². The number of hydrogen-bond acceptors (Lipinski definition) is 6. The zero-order valence-electron chi connectivity index (χ0n) is 20.7. The van der Waals surface area contributed by atoms with Crippen molar-refractivity contribution < 1.29 is 13.2 Å². The summed E-state index contributed by atoms with van der Waals surface area (Å²) in [5, 5.41) is 0. The Morgan fingerprint density at radius 1 is 1.09 bits per heavy atom. The van der Waals surface area contributed by atoms with Crippen LogP contribution >= 0.6 is 11.8 Å². The van der Waals surface area contributed by atoms with E-state index in [-0.39, 0.29) is 16.1 Å². The molecule has 3 rings (SSSR count). The van der Waals surface area contributed by atoms with Gasteiger partial charge in [-0.05, 0) is 67.0 Å². The second-order valence-electron chi connectivity index (χ2n) is 9.19. The van der Waals surface area contributed by atoms with E-state index in [9.17, 15) is 8.42 Å². The van der Waals surface area contributed by atoms with Gasteiger partial charge in [-0.2, -0.15) is 0 Å². The number of aromatic nitrogens is 2. The number of methoxy groups -OCH3 is 1. The van der Waals surface area contributed by atoms with Crippen molar-refractivity contribution in [3.8, 4) is 5.75 Å². The molecular formula is C27H33N3O3S2. The first-order valence-corrected chi connectivity index (χ1v) is 13.8. The molecule has 0 radical (unpaired) electrons. The molecule has 0 atom stereocenters. The Kier molecular flexibility index (Phi) is 8.97. The standard InChI is InChI=1S/C27H33N3O3S2/c1-6-7-8-9-13-24-25(34-22-12-10-11-21(18-22)33-5)26(29-19-28-24)30-35(31,32)23-16-14-20(15-17-23)27(2,3)4/h6,10-12,14-19H,1,7-9,13H2,2-5H3,(H,28,29,30). The summed E-state index contributed by atoms with van der Waals surface area (Å²) in [6.45, 7) is 10.1. The molecule has 0 aliphatic rings. The Hall–Kier alpha value is -2.84. The molecule has 6 nitrogen and oxygen atoms in total. The lowest BCUT2D eigenvalue weighted by molar-refractivity contribution is 0.413. The molecule has 186 valence electrons. The highest BCUT2D eigenvalue weighted by atomic mass is 32.2. The van der Waals surface area contributed by atoms with E-state index in [1.165, 1.54) is 18.1 Å². The first kappa shape index (κ1) is 26.8. The predicted octanol–water partition coefficient (Wildman–Crippen LogP) is 6.63. The lowest BCUT2D eigenvalue weighted by Gasteiger charge is -2.19. The molecule has 0 saturated carbocycles. The number of allylic oxidation sites excluding steroid dienone is 1. The van der Waals surface area contributed by atoms with Crippen LogP contribution < -0.4 is 9.46 Å². The maximum atomic E-state index is 13.3. The minimum absolute atomic E-state index is 0.0660. The Bertz CT molecular complexity index is 1250. The SMILES string of the molecule is C=CCCCCc1ncnc(NS(=O)(=O)c2ccc(C(C)(C)C)cc2)c1Sc1cccc(OC)c1. The third-order valence-electron chi connectivity index (χ3n) is 5.47. The van der Waals surface area contributed by atoms with E-state index in [1.807, 2.05) is 42.5 Å². The quantitative estimate of drug-likeness (QED) is 0.230. The van der Waals surface area contributed by atoms with Gasteiger partial charge < -0.3 is 4.74 Å². The van der Waals surface area contributed by atoms with Crippen molar-refractivity contribution in [2.75, 3.05) is 11.8 Å². The predicted molar refractivity (Wildman–Crippen MR) is 143 cm³/mol. The maximum absolute atomic E-state index is 13.3. The lowest BCUT2D eigenvalue weighted by Crippen LogP contribution is -2.16. The van der Waals surface area contributed by atoms with Crippen molar-refractivity contribution in [3.05, 3.63) is 78.8 Å². The lowest BCUT2D eigenvalue weighted by atomic mass is 9.87. The summed E-state index contributed by atoms with van der Waals surface area (Å²) in [6, 6.07) is 14.6. The van der Waals surface area contributed by atoms with Crippen LogP contribution in [0.1, 0.15) is 51.3 Å². The fourth-order valence-electron chi connectivity index (χ4n) is 3.45. The number of rotatable bonds is 11. The number of nitrogens with zero attached hydrogens (tertiary/aromatic N) is 2.